The minimum absolute atomic E-state index is 0.591. The maximum atomic E-state index is 5.87. The van der Waals surface area contributed by atoms with E-state index in [9.17, 15) is 0 Å². The van der Waals surface area contributed by atoms with Crippen LogP contribution in [0.2, 0.25) is 0 Å². The van der Waals surface area contributed by atoms with Gasteiger partial charge in [-0.1, -0.05) is 0 Å². The summed E-state index contributed by atoms with van der Waals surface area (Å²) in [6.07, 6.45) is 0. The van der Waals surface area contributed by atoms with Gasteiger partial charge in [-0.15, -0.1) is 0 Å². The van der Waals surface area contributed by atoms with Gasteiger partial charge in [-0.2, -0.15) is 10.2 Å². The van der Waals surface area contributed by atoms with Gasteiger partial charge in [0.2, 0.25) is 0 Å². The highest BCUT2D eigenvalue weighted by Gasteiger charge is 2.06. The zero-order valence-electron chi connectivity index (χ0n) is 12.8. The second kappa shape index (κ2) is 5.83. The van der Waals surface area contributed by atoms with Gasteiger partial charge in [0.25, 0.3) is 0 Å². The van der Waals surface area contributed by atoms with E-state index >= 15 is 0 Å². The van der Waals surface area contributed by atoms with Crippen molar-refractivity contribution in [1.82, 2.24) is 0 Å². The molecule has 0 fully saturated rings. The van der Waals surface area contributed by atoms with Crippen LogP contribution in [0.4, 0.5) is 22.7 Å². The van der Waals surface area contributed by atoms with Crippen LogP contribution in [0.1, 0.15) is 16.7 Å². The molecule has 2 aromatic carbocycles. The Labute approximate surface area is 124 Å². The SMILES string of the molecule is COc1cc(/N=N/c2cc(C)c(N)cc2C)c(C)cc1N. The van der Waals surface area contributed by atoms with Gasteiger partial charge < -0.3 is 16.2 Å². The zero-order valence-corrected chi connectivity index (χ0v) is 12.8. The molecule has 0 unspecified atom stereocenters. The van der Waals surface area contributed by atoms with Gasteiger partial charge >= 0.3 is 0 Å². The van der Waals surface area contributed by atoms with Crippen LogP contribution in [0.5, 0.6) is 5.75 Å². The maximum absolute atomic E-state index is 5.87. The summed E-state index contributed by atoms with van der Waals surface area (Å²) in [5.41, 5.74) is 17.5. The second-order valence-electron chi connectivity index (χ2n) is 5.08. The molecule has 0 aliphatic heterocycles. The fraction of sp³-hybridized carbons (Fsp3) is 0.250. The number of ether oxygens (including phenoxy) is 1. The first-order valence-electron chi connectivity index (χ1n) is 6.65. The number of aryl methyl sites for hydroxylation is 3. The minimum atomic E-state index is 0.591. The van der Waals surface area contributed by atoms with Crippen molar-refractivity contribution >= 4 is 22.7 Å². The molecule has 4 N–H and O–H groups in total. The Morgan fingerprint density at radius 3 is 1.86 bits per heavy atom. The molecule has 0 aliphatic carbocycles. The van der Waals surface area contributed by atoms with Crippen LogP contribution in [-0.2, 0) is 0 Å². The molecule has 0 heterocycles. The summed E-state index contributed by atoms with van der Waals surface area (Å²) in [5, 5.41) is 8.62. The quantitative estimate of drug-likeness (QED) is 0.654. The summed E-state index contributed by atoms with van der Waals surface area (Å²) < 4.78 is 5.21. The van der Waals surface area contributed by atoms with Crippen LogP contribution in [0.15, 0.2) is 34.5 Å². The first kappa shape index (κ1) is 14.8. The van der Waals surface area contributed by atoms with Crippen molar-refractivity contribution < 1.29 is 4.74 Å². The van der Waals surface area contributed by atoms with E-state index in [1.165, 1.54) is 0 Å². The van der Waals surface area contributed by atoms with Crippen LogP contribution < -0.4 is 16.2 Å². The van der Waals surface area contributed by atoms with E-state index in [1.54, 1.807) is 13.2 Å². The predicted molar refractivity (Wildman–Crippen MR) is 86.6 cm³/mol. The van der Waals surface area contributed by atoms with Crippen molar-refractivity contribution in [3.8, 4) is 5.75 Å². The first-order chi connectivity index (χ1) is 9.92. The van der Waals surface area contributed by atoms with Gasteiger partial charge in [-0.3, -0.25) is 0 Å². The Kier molecular flexibility index (Phi) is 4.12. The van der Waals surface area contributed by atoms with Gasteiger partial charge in [-0.25, -0.2) is 0 Å². The number of nitrogens with two attached hydrogens (primary N) is 2. The number of hydrogen-bond donors (Lipinski definition) is 2. The third-order valence-electron chi connectivity index (χ3n) is 3.40. The minimum Gasteiger partial charge on any atom is -0.495 e. The summed E-state index contributed by atoms with van der Waals surface area (Å²) in [6.45, 7) is 5.84. The number of nitrogen functional groups attached to an aromatic ring is 2. The lowest BCUT2D eigenvalue weighted by Gasteiger charge is -2.08. The zero-order chi connectivity index (χ0) is 15.6. The molecule has 2 rings (SSSR count). The lowest BCUT2D eigenvalue weighted by Crippen LogP contribution is -1.92. The number of nitrogens with zero attached hydrogens (tertiary/aromatic N) is 2. The van der Waals surface area contributed by atoms with Gasteiger partial charge in [0.15, 0.2) is 0 Å². The van der Waals surface area contributed by atoms with Crippen LogP contribution in [0.25, 0.3) is 0 Å². The molecule has 5 heteroatoms. The largest absolute Gasteiger partial charge is 0.495 e. The average Bonchev–Trinajstić information content (AvgIpc) is 2.43. The molecule has 0 amide bonds. The highest BCUT2D eigenvalue weighted by atomic mass is 16.5. The Morgan fingerprint density at radius 2 is 1.29 bits per heavy atom. The van der Waals surface area contributed by atoms with E-state index in [2.05, 4.69) is 10.2 Å². The predicted octanol–water partition coefficient (Wildman–Crippen LogP) is 4.20. The summed E-state index contributed by atoms with van der Waals surface area (Å²) in [5.74, 6) is 0.597. The monoisotopic (exact) mass is 284 g/mol. The van der Waals surface area contributed by atoms with Crippen molar-refractivity contribution in [2.75, 3.05) is 18.6 Å². The van der Waals surface area contributed by atoms with Gasteiger partial charge in [0.1, 0.15) is 5.75 Å². The van der Waals surface area contributed by atoms with Gasteiger partial charge in [0.05, 0.1) is 24.2 Å². The summed E-state index contributed by atoms with van der Waals surface area (Å²) >= 11 is 0. The first-order valence-corrected chi connectivity index (χ1v) is 6.65. The number of anilines is 2. The molecule has 0 aliphatic rings. The number of azo groups is 1. The standard InChI is InChI=1S/C16H20N4O/c1-9-7-14(10(2)5-12(9)17)19-20-15-8-16(21-4)13(18)6-11(15)3/h5-8H,17-18H2,1-4H3/b20-19+. The van der Waals surface area contributed by atoms with Crippen LogP contribution in [0, 0.1) is 20.8 Å². The molecule has 5 nitrogen and oxygen atoms in total. The van der Waals surface area contributed by atoms with E-state index in [0.717, 1.165) is 33.8 Å². The van der Waals surface area contributed by atoms with Crippen molar-refractivity contribution in [3.05, 3.63) is 41.0 Å². The maximum Gasteiger partial charge on any atom is 0.143 e. The number of methoxy groups -OCH3 is 1. The highest BCUT2D eigenvalue weighted by molar-refractivity contribution is 5.64. The third-order valence-corrected chi connectivity index (χ3v) is 3.40. The van der Waals surface area contributed by atoms with E-state index in [1.807, 2.05) is 39.0 Å². The molecule has 21 heavy (non-hydrogen) atoms. The Balaban J connectivity index is 2.40. The fourth-order valence-corrected chi connectivity index (χ4v) is 2.02. The van der Waals surface area contributed by atoms with E-state index in [0.29, 0.717) is 11.4 Å². The van der Waals surface area contributed by atoms with E-state index < -0.39 is 0 Å². The van der Waals surface area contributed by atoms with Crippen LogP contribution in [0.3, 0.4) is 0 Å². The van der Waals surface area contributed by atoms with Crippen molar-refractivity contribution in [1.29, 1.82) is 0 Å². The number of hydrogen-bond acceptors (Lipinski definition) is 5. The Morgan fingerprint density at radius 1 is 0.762 bits per heavy atom. The molecule has 0 atom stereocenters. The number of rotatable bonds is 3. The van der Waals surface area contributed by atoms with Crippen molar-refractivity contribution in [3.63, 3.8) is 0 Å². The fourth-order valence-electron chi connectivity index (χ4n) is 2.02. The molecular formula is C16H20N4O. The average molecular weight is 284 g/mol. The lowest BCUT2D eigenvalue weighted by molar-refractivity contribution is 0.417. The molecule has 0 spiro atoms. The van der Waals surface area contributed by atoms with Gasteiger partial charge in [0, 0.05) is 11.8 Å². The van der Waals surface area contributed by atoms with E-state index in [4.69, 9.17) is 16.2 Å². The Hall–Kier alpha value is -2.56. The molecule has 0 saturated heterocycles. The molecular weight excluding hydrogens is 264 g/mol. The van der Waals surface area contributed by atoms with Crippen molar-refractivity contribution in [2.45, 2.75) is 20.8 Å². The normalized spacial score (nSPS) is 11.0. The lowest BCUT2D eigenvalue weighted by atomic mass is 10.1. The van der Waals surface area contributed by atoms with Gasteiger partial charge in [-0.05, 0) is 55.7 Å². The summed E-state index contributed by atoms with van der Waals surface area (Å²) in [6, 6.07) is 7.44. The number of benzene rings is 2. The Bertz CT molecular complexity index is 708. The highest BCUT2D eigenvalue weighted by Crippen LogP contribution is 2.32. The van der Waals surface area contributed by atoms with Crippen molar-refractivity contribution in [2.24, 2.45) is 10.2 Å². The molecule has 0 saturated carbocycles. The smallest absolute Gasteiger partial charge is 0.143 e. The van der Waals surface area contributed by atoms with Crippen LogP contribution in [-0.4, -0.2) is 7.11 Å². The second-order valence-corrected chi connectivity index (χ2v) is 5.08. The molecule has 110 valence electrons. The van der Waals surface area contributed by atoms with E-state index in [-0.39, 0.29) is 0 Å². The van der Waals surface area contributed by atoms with Crippen LogP contribution >= 0.6 is 0 Å². The molecule has 0 radical (unpaired) electrons. The summed E-state index contributed by atoms with van der Waals surface area (Å²) in [7, 11) is 1.58. The molecule has 0 bridgehead atoms. The summed E-state index contributed by atoms with van der Waals surface area (Å²) in [4.78, 5) is 0. The third kappa shape index (κ3) is 3.13. The topological polar surface area (TPSA) is 86.0 Å². The molecule has 0 aromatic heterocycles. The molecule has 2 aromatic rings.